The standard InChI is InChI=1S/C9H15NO3/c1-3-4-13-9(11)10-5-8(6-10)7-12-2/h3,8H,1,4-7H2,2H3. The Bertz CT molecular complexity index is 187. The Morgan fingerprint density at radius 3 is 2.92 bits per heavy atom. The minimum absolute atomic E-state index is 0.257. The molecule has 1 fully saturated rings. The van der Waals surface area contributed by atoms with Gasteiger partial charge in [0.05, 0.1) is 6.61 Å². The quantitative estimate of drug-likeness (QED) is 0.610. The fraction of sp³-hybridized carbons (Fsp3) is 0.667. The highest BCUT2D eigenvalue weighted by Crippen LogP contribution is 2.16. The van der Waals surface area contributed by atoms with Crippen molar-refractivity contribution in [3.63, 3.8) is 0 Å². The van der Waals surface area contributed by atoms with Crippen molar-refractivity contribution in [1.82, 2.24) is 4.90 Å². The molecule has 0 aromatic carbocycles. The van der Waals surface area contributed by atoms with Crippen molar-refractivity contribution in [3.8, 4) is 0 Å². The number of hydrogen-bond donors (Lipinski definition) is 0. The number of ether oxygens (including phenoxy) is 2. The molecule has 1 aliphatic rings. The molecule has 74 valence electrons. The summed E-state index contributed by atoms with van der Waals surface area (Å²) in [5.41, 5.74) is 0. The molecule has 13 heavy (non-hydrogen) atoms. The van der Waals surface area contributed by atoms with Gasteiger partial charge in [-0.1, -0.05) is 12.7 Å². The van der Waals surface area contributed by atoms with Crippen molar-refractivity contribution in [2.24, 2.45) is 5.92 Å². The van der Waals surface area contributed by atoms with E-state index in [0.29, 0.717) is 12.5 Å². The molecular weight excluding hydrogens is 170 g/mol. The van der Waals surface area contributed by atoms with E-state index in [4.69, 9.17) is 9.47 Å². The SMILES string of the molecule is C=CCOC(=O)N1CC(COC)C1. The smallest absolute Gasteiger partial charge is 0.410 e. The zero-order valence-electron chi connectivity index (χ0n) is 7.86. The van der Waals surface area contributed by atoms with Gasteiger partial charge in [-0.3, -0.25) is 0 Å². The van der Waals surface area contributed by atoms with E-state index in [-0.39, 0.29) is 12.7 Å². The second-order valence-electron chi connectivity index (χ2n) is 3.09. The Morgan fingerprint density at radius 2 is 2.38 bits per heavy atom. The fourth-order valence-electron chi connectivity index (χ4n) is 1.28. The molecule has 0 unspecified atom stereocenters. The Labute approximate surface area is 78.1 Å². The maximum Gasteiger partial charge on any atom is 0.410 e. The minimum Gasteiger partial charge on any atom is -0.445 e. The van der Waals surface area contributed by atoms with Crippen LogP contribution in [-0.4, -0.2) is 44.4 Å². The van der Waals surface area contributed by atoms with Crippen molar-refractivity contribution in [1.29, 1.82) is 0 Å². The maximum atomic E-state index is 11.1. The predicted octanol–water partition coefficient (Wildman–Crippen LogP) is 0.887. The number of amides is 1. The zero-order valence-corrected chi connectivity index (χ0v) is 7.86. The fourth-order valence-corrected chi connectivity index (χ4v) is 1.28. The lowest BCUT2D eigenvalue weighted by atomic mass is 10.0. The topological polar surface area (TPSA) is 38.8 Å². The Kier molecular flexibility index (Phi) is 3.76. The number of hydrogen-bond acceptors (Lipinski definition) is 3. The van der Waals surface area contributed by atoms with Gasteiger partial charge < -0.3 is 14.4 Å². The molecule has 4 heteroatoms. The average molecular weight is 185 g/mol. The van der Waals surface area contributed by atoms with E-state index in [9.17, 15) is 4.79 Å². The van der Waals surface area contributed by atoms with Crippen LogP contribution in [0.25, 0.3) is 0 Å². The number of nitrogens with zero attached hydrogens (tertiary/aromatic N) is 1. The van der Waals surface area contributed by atoms with Gasteiger partial charge in [-0.2, -0.15) is 0 Å². The molecule has 0 spiro atoms. The molecule has 1 amide bonds. The van der Waals surface area contributed by atoms with Crippen LogP contribution >= 0.6 is 0 Å². The summed E-state index contributed by atoms with van der Waals surface area (Å²) >= 11 is 0. The van der Waals surface area contributed by atoms with Crippen LogP contribution in [-0.2, 0) is 9.47 Å². The van der Waals surface area contributed by atoms with Crippen LogP contribution in [0.4, 0.5) is 4.79 Å². The summed E-state index contributed by atoms with van der Waals surface area (Å²) in [5, 5.41) is 0. The maximum absolute atomic E-state index is 11.1. The normalized spacial score (nSPS) is 16.5. The first kappa shape index (κ1) is 10.1. The lowest BCUT2D eigenvalue weighted by Gasteiger charge is -2.37. The lowest BCUT2D eigenvalue weighted by molar-refractivity contribution is 0.0258. The summed E-state index contributed by atoms with van der Waals surface area (Å²) in [6, 6.07) is 0. The highest BCUT2D eigenvalue weighted by molar-refractivity contribution is 5.68. The lowest BCUT2D eigenvalue weighted by Crippen LogP contribution is -2.51. The van der Waals surface area contributed by atoms with Crippen molar-refractivity contribution < 1.29 is 14.3 Å². The van der Waals surface area contributed by atoms with Gasteiger partial charge in [0.25, 0.3) is 0 Å². The minimum atomic E-state index is -0.257. The highest BCUT2D eigenvalue weighted by atomic mass is 16.6. The van der Waals surface area contributed by atoms with Crippen molar-refractivity contribution in [2.75, 3.05) is 33.4 Å². The third kappa shape index (κ3) is 2.73. The molecule has 1 heterocycles. The first-order valence-corrected chi connectivity index (χ1v) is 4.29. The van der Waals surface area contributed by atoms with Gasteiger partial charge in [0.15, 0.2) is 0 Å². The summed E-state index contributed by atoms with van der Waals surface area (Å²) in [4.78, 5) is 12.8. The molecule has 4 nitrogen and oxygen atoms in total. The molecule has 0 aromatic heterocycles. The molecule has 0 radical (unpaired) electrons. The van der Waals surface area contributed by atoms with Crippen LogP contribution in [0, 0.1) is 5.92 Å². The van der Waals surface area contributed by atoms with Crippen LogP contribution in [0.5, 0.6) is 0 Å². The van der Waals surface area contributed by atoms with E-state index in [1.165, 1.54) is 0 Å². The second-order valence-corrected chi connectivity index (χ2v) is 3.09. The summed E-state index contributed by atoms with van der Waals surface area (Å²) in [7, 11) is 1.67. The van der Waals surface area contributed by atoms with Crippen molar-refractivity contribution in [3.05, 3.63) is 12.7 Å². The first-order valence-electron chi connectivity index (χ1n) is 4.29. The number of carbonyl (C=O) groups is 1. The van der Waals surface area contributed by atoms with Crippen LogP contribution in [0.3, 0.4) is 0 Å². The third-order valence-electron chi connectivity index (χ3n) is 1.94. The second kappa shape index (κ2) is 4.87. The van der Waals surface area contributed by atoms with Gasteiger partial charge in [-0.05, 0) is 0 Å². The Hall–Kier alpha value is -1.03. The molecule has 1 saturated heterocycles. The molecular formula is C9H15NO3. The number of methoxy groups -OCH3 is 1. The molecule has 0 aromatic rings. The molecule has 0 aliphatic carbocycles. The molecule has 0 bridgehead atoms. The van der Waals surface area contributed by atoms with Gasteiger partial charge >= 0.3 is 6.09 Å². The number of likely N-dealkylation sites (tertiary alicyclic amines) is 1. The summed E-state index contributed by atoms with van der Waals surface area (Å²) < 4.78 is 9.81. The van der Waals surface area contributed by atoms with E-state index in [1.807, 2.05) is 0 Å². The van der Waals surface area contributed by atoms with Crippen molar-refractivity contribution >= 4 is 6.09 Å². The van der Waals surface area contributed by atoms with E-state index < -0.39 is 0 Å². The van der Waals surface area contributed by atoms with Crippen LogP contribution in [0.2, 0.25) is 0 Å². The number of carbonyl (C=O) groups excluding carboxylic acids is 1. The van der Waals surface area contributed by atoms with Crippen LogP contribution < -0.4 is 0 Å². The average Bonchev–Trinajstić information content (AvgIpc) is 2.06. The number of rotatable bonds is 4. The van der Waals surface area contributed by atoms with E-state index in [2.05, 4.69) is 6.58 Å². The van der Waals surface area contributed by atoms with Gasteiger partial charge in [-0.25, -0.2) is 4.79 Å². The van der Waals surface area contributed by atoms with Gasteiger partial charge in [0.2, 0.25) is 0 Å². The Morgan fingerprint density at radius 1 is 1.69 bits per heavy atom. The molecule has 1 aliphatic heterocycles. The summed E-state index contributed by atoms with van der Waals surface area (Å²) in [6.45, 7) is 5.94. The molecule has 0 N–H and O–H groups in total. The van der Waals surface area contributed by atoms with Crippen LogP contribution in [0.1, 0.15) is 0 Å². The highest BCUT2D eigenvalue weighted by Gasteiger charge is 2.31. The largest absolute Gasteiger partial charge is 0.445 e. The van der Waals surface area contributed by atoms with Gasteiger partial charge in [0.1, 0.15) is 6.61 Å². The third-order valence-corrected chi connectivity index (χ3v) is 1.94. The van der Waals surface area contributed by atoms with E-state index in [1.54, 1.807) is 18.1 Å². The predicted molar refractivity (Wildman–Crippen MR) is 48.5 cm³/mol. The Balaban J connectivity index is 2.11. The van der Waals surface area contributed by atoms with E-state index >= 15 is 0 Å². The first-order chi connectivity index (χ1) is 6.27. The zero-order chi connectivity index (χ0) is 9.68. The van der Waals surface area contributed by atoms with Gasteiger partial charge in [-0.15, -0.1) is 0 Å². The summed E-state index contributed by atoms with van der Waals surface area (Å²) in [6.07, 6.45) is 1.30. The van der Waals surface area contributed by atoms with Crippen molar-refractivity contribution in [2.45, 2.75) is 0 Å². The molecule has 0 atom stereocenters. The summed E-state index contributed by atoms with van der Waals surface area (Å²) in [5.74, 6) is 0.473. The molecule has 1 rings (SSSR count). The molecule has 0 saturated carbocycles. The van der Waals surface area contributed by atoms with Crippen LogP contribution in [0.15, 0.2) is 12.7 Å². The van der Waals surface area contributed by atoms with Gasteiger partial charge in [0, 0.05) is 26.1 Å². The monoisotopic (exact) mass is 185 g/mol. The van der Waals surface area contributed by atoms with E-state index in [0.717, 1.165) is 13.1 Å².